The number of benzene rings is 1. The zero-order valence-electron chi connectivity index (χ0n) is 11.0. The van der Waals surface area contributed by atoms with E-state index in [0.717, 1.165) is 16.2 Å². The summed E-state index contributed by atoms with van der Waals surface area (Å²) >= 11 is 1.39. The summed E-state index contributed by atoms with van der Waals surface area (Å²) in [5, 5.41) is 0. The molecule has 1 aromatic carbocycles. The number of aryl methyl sites for hydroxylation is 1. The number of nitrogens with two attached hydrogens (primary N) is 1. The lowest BCUT2D eigenvalue weighted by atomic mass is 10.0. The van der Waals surface area contributed by atoms with Crippen molar-refractivity contribution in [2.45, 2.75) is 25.8 Å². The first-order valence-corrected chi connectivity index (χ1v) is 7.02. The molecule has 0 radical (unpaired) electrons. The van der Waals surface area contributed by atoms with Gasteiger partial charge in [0.25, 0.3) is 0 Å². The Bertz CT molecular complexity index is 639. The normalized spacial score (nSPS) is 12.7. The van der Waals surface area contributed by atoms with Crippen LogP contribution in [0, 0.1) is 29.1 Å². The number of halogens is 5. The molecular formula is C14H12F5NS. The van der Waals surface area contributed by atoms with Gasteiger partial charge in [0.2, 0.25) is 5.82 Å². The molecule has 0 aliphatic carbocycles. The van der Waals surface area contributed by atoms with Crippen molar-refractivity contribution in [3.8, 4) is 0 Å². The summed E-state index contributed by atoms with van der Waals surface area (Å²) in [5.74, 6) is -9.86. The molecule has 114 valence electrons. The number of thiophene rings is 1. The van der Waals surface area contributed by atoms with Gasteiger partial charge in [0.1, 0.15) is 0 Å². The molecule has 1 heterocycles. The highest BCUT2D eigenvalue weighted by Crippen LogP contribution is 2.30. The van der Waals surface area contributed by atoms with Crippen LogP contribution in [0.2, 0.25) is 0 Å². The molecule has 1 nitrogen and oxygen atoms in total. The van der Waals surface area contributed by atoms with Crippen molar-refractivity contribution >= 4 is 11.3 Å². The summed E-state index contributed by atoms with van der Waals surface area (Å²) in [5.41, 5.74) is 4.66. The molecule has 2 aromatic rings. The second kappa shape index (κ2) is 6.11. The third-order valence-corrected chi connectivity index (χ3v) is 4.35. The first kappa shape index (κ1) is 15.9. The smallest absolute Gasteiger partial charge is 0.200 e. The second-order valence-corrected chi connectivity index (χ2v) is 5.77. The minimum atomic E-state index is -2.18. The second-order valence-electron chi connectivity index (χ2n) is 4.52. The van der Waals surface area contributed by atoms with E-state index in [2.05, 4.69) is 0 Å². The quantitative estimate of drug-likeness (QED) is 0.508. The Kier molecular flexibility index (Phi) is 4.63. The zero-order chi connectivity index (χ0) is 15.7. The van der Waals surface area contributed by atoms with E-state index >= 15 is 0 Å². The summed E-state index contributed by atoms with van der Waals surface area (Å²) in [7, 11) is 0. The molecule has 2 N–H and O–H groups in total. The van der Waals surface area contributed by atoms with Crippen molar-refractivity contribution in [2.75, 3.05) is 0 Å². The Morgan fingerprint density at radius 1 is 0.905 bits per heavy atom. The predicted molar refractivity (Wildman–Crippen MR) is 70.6 cm³/mol. The minimum absolute atomic E-state index is 0.00300. The first-order valence-electron chi connectivity index (χ1n) is 6.21. The van der Waals surface area contributed by atoms with Crippen molar-refractivity contribution in [2.24, 2.45) is 5.73 Å². The molecule has 2 rings (SSSR count). The topological polar surface area (TPSA) is 26.0 Å². The van der Waals surface area contributed by atoms with Gasteiger partial charge < -0.3 is 5.73 Å². The van der Waals surface area contributed by atoms with E-state index in [1.807, 2.05) is 13.0 Å². The standard InChI is InChI=1S/C14H12F5NS/c1-2-6-3-4-7(21-6)5-8(20)9-10(15)12(17)14(19)13(18)11(9)16/h3-4,8H,2,5,20H2,1H3. The molecule has 0 spiro atoms. The summed E-state index contributed by atoms with van der Waals surface area (Å²) in [6.45, 7) is 1.94. The highest BCUT2D eigenvalue weighted by molar-refractivity contribution is 7.11. The molecule has 0 fully saturated rings. The average molecular weight is 321 g/mol. The van der Waals surface area contributed by atoms with E-state index in [1.165, 1.54) is 11.3 Å². The lowest BCUT2D eigenvalue weighted by molar-refractivity contribution is 0.364. The van der Waals surface area contributed by atoms with Crippen molar-refractivity contribution in [3.63, 3.8) is 0 Å². The Hall–Kier alpha value is -1.47. The summed E-state index contributed by atoms with van der Waals surface area (Å²) < 4.78 is 66.5. The van der Waals surface area contributed by atoms with Gasteiger partial charge in [-0.2, -0.15) is 0 Å². The van der Waals surface area contributed by atoms with Crippen LogP contribution < -0.4 is 5.73 Å². The minimum Gasteiger partial charge on any atom is -0.323 e. The van der Waals surface area contributed by atoms with E-state index in [0.29, 0.717) is 0 Å². The van der Waals surface area contributed by atoms with Crippen molar-refractivity contribution in [1.29, 1.82) is 0 Å². The van der Waals surface area contributed by atoms with Crippen LogP contribution in [0.5, 0.6) is 0 Å². The van der Waals surface area contributed by atoms with Gasteiger partial charge in [0.15, 0.2) is 23.3 Å². The number of hydrogen-bond donors (Lipinski definition) is 1. The first-order chi connectivity index (χ1) is 9.86. The molecule has 0 aliphatic rings. The van der Waals surface area contributed by atoms with Crippen molar-refractivity contribution < 1.29 is 22.0 Å². The average Bonchev–Trinajstić information content (AvgIpc) is 2.90. The maximum atomic E-state index is 13.6. The van der Waals surface area contributed by atoms with Crippen molar-refractivity contribution in [3.05, 3.63) is 56.5 Å². The van der Waals surface area contributed by atoms with Gasteiger partial charge in [-0.3, -0.25) is 0 Å². The van der Waals surface area contributed by atoms with E-state index in [1.54, 1.807) is 6.07 Å². The van der Waals surface area contributed by atoms with Crippen LogP contribution in [-0.2, 0) is 12.8 Å². The monoisotopic (exact) mass is 321 g/mol. The molecule has 0 amide bonds. The van der Waals surface area contributed by atoms with Crippen LogP contribution in [0.4, 0.5) is 22.0 Å². The Morgan fingerprint density at radius 2 is 1.38 bits per heavy atom. The van der Waals surface area contributed by atoms with Gasteiger partial charge in [-0.15, -0.1) is 11.3 Å². The van der Waals surface area contributed by atoms with Crippen LogP contribution >= 0.6 is 11.3 Å². The summed E-state index contributed by atoms with van der Waals surface area (Å²) in [6.07, 6.45) is 0.797. The van der Waals surface area contributed by atoms with Gasteiger partial charge in [0, 0.05) is 27.8 Å². The molecular weight excluding hydrogens is 309 g/mol. The van der Waals surface area contributed by atoms with Crippen LogP contribution in [0.1, 0.15) is 28.3 Å². The Balaban J connectivity index is 2.37. The highest BCUT2D eigenvalue weighted by atomic mass is 32.1. The van der Waals surface area contributed by atoms with Gasteiger partial charge in [-0.1, -0.05) is 6.92 Å². The van der Waals surface area contributed by atoms with Gasteiger partial charge >= 0.3 is 0 Å². The summed E-state index contributed by atoms with van der Waals surface area (Å²) in [6, 6.07) is 2.26. The highest BCUT2D eigenvalue weighted by Gasteiger charge is 2.29. The molecule has 0 saturated heterocycles. The van der Waals surface area contributed by atoms with E-state index < -0.39 is 40.7 Å². The van der Waals surface area contributed by atoms with Crippen LogP contribution in [-0.4, -0.2) is 0 Å². The largest absolute Gasteiger partial charge is 0.323 e. The predicted octanol–water partition coefficient (Wildman–Crippen LogP) is 4.25. The fourth-order valence-corrected chi connectivity index (χ4v) is 3.00. The molecule has 1 aromatic heterocycles. The lowest BCUT2D eigenvalue weighted by Gasteiger charge is -2.14. The molecule has 0 saturated carbocycles. The molecule has 7 heteroatoms. The SMILES string of the molecule is CCc1ccc(CC(N)c2c(F)c(F)c(F)c(F)c2F)s1. The maximum absolute atomic E-state index is 13.6. The van der Waals surface area contributed by atoms with E-state index in [9.17, 15) is 22.0 Å². The maximum Gasteiger partial charge on any atom is 0.200 e. The fraction of sp³-hybridized carbons (Fsp3) is 0.286. The molecule has 1 atom stereocenters. The molecule has 1 unspecified atom stereocenters. The van der Waals surface area contributed by atoms with Gasteiger partial charge in [0.05, 0.1) is 0 Å². The van der Waals surface area contributed by atoms with Gasteiger partial charge in [-0.05, 0) is 18.6 Å². The molecule has 0 bridgehead atoms. The fourth-order valence-electron chi connectivity index (χ4n) is 1.99. The Morgan fingerprint density at radius 3 is 1.86 bits per heavy atom. The van der Waals surface area contributed by atoms with Gasteiger partial charge in [-0.25, -0.2) is 22.0 Å². The van der Waals surface area contributed by atoms with Crippen LogP contribution in [0.25, 0.3) is 0 Å². The summed E-state index contributed by atoms with van der Waals surface area (Å²) in [4.78, 5) is 1.78. The molecule has 21 heavy (non-hydrogen) atoms. The van der Waals surface area contributed by atoms with E-state index in [-0.39, 0.29) is 6.42 Å². The third kappa shape index (κ3) is 2.94. The van der Waals surface area contributed by atoms with Crippen LogP contribution in [0.3, 0.4) is 0 Å². The van der Waals surface area contributed by atoms with Crippen molar-refractivity contribution in [1.82, 2.24) is 0 Å². The number of hydrogen-bond acceptors (Lipinski definition) is 2. The third-order valence-electron chi connectivity index (χ3n) is 3.10. The van der Waals surface area contributed by atoms with Crippen LogP contribution in [0.15, 0.2) is 12.1 Å². The lowest BCUT2D eigenvalue weighted by Crippen LogP contribution is -2.19. The zero-order valence-corrected chi connectivity index (χ0v) is 11.8. The number of rotatable bonds is 4. The van der Waals surface area contributed by atoms with E-state index in [4.69, 9.17) is 5.73 Å². The molecule has 0 aliphatic heterocycles. The Labute approximate surface area is 122 Å².